The molecular weight excluding hydrogens is 477 g/mol. The first kappa shape index (κ1) is 29.0. The Labute approximate surface area is 227 Å². The molecule has 2 unspecified atom stereocenters. The highest BCUT2D eigenvalue weighted by atomic mass is 19.1. The van der Waals surface area contributed by atoms with Crippen molar-refractivity contribution < 1.29 is 9.13 Å². The number of aryl methyl sites for hydroxylation is 1. The maximum atomic E-state index is 13.4. The number of ether oxygens (including phenoxy) is 1. The van der Waals surface area contributed by atoms with Crippen LogP contribution in [0.3, 0.4) is 0 Å². The van der Waals surface area contributed by atoms with Gasteiger partial charge in [0.15, 0.2) is 0 Å². The van der Waals surface area contributed by atoms with Crippen LogP contribution in [0.15, 0.2) is 95.6 Å². The van der Waals surface area contributed by atoms with Crippen LogP contribution in [0.1, 0.15) is 51.6 Å². The molecule has 1 aromatic rings. The van der Waals surface area contributed by atoms with Crippen LogP contribution in [-0.4, -0.2) is 41.6 Å². The summed E-state index contributed by atoms with van der Waals surface area (Å²) in [5.41, 5.74) is 4.02. The van der Waals surface area contributed by atoms with E-state index in [0.717, 1.165) is 61.7 Å². The Bertz CT molecular complexity index is 1160. The standard InChI is InChI=1S/C31H42FN5O/c1-6-30(38-5)29(37-21-25(4)35-22-37)16-13-23(2)20-26-10-7-8-18-34-31(26)36-24(3)17-19-33-28-12-9-11-27(32)14-15-28/h6,9,12-16,20-24,33H,1,7-8,10-11,17-19H2,2-5H3,(H,34,36)/b16-13-,26-20+,30-29-. The molecule has 204 valence electrons. The molecule has 1 aliphatic carbocycles. The number of rotatable bonds is 11. The van der Waals surface area contributed by atoms with Gasteiger partial charge in [0.05, 0.1) is 24.8 Å². The molecule has 1 aliphatic heterocycles. The molecule has 2 N–H and O–H groups in total. The predicted octanol–water partition coefficient (Wildman–Crippen LogP) is 6.55. The van der Waals surface area contributed by atoms with E-state index in [9.17, 15) is 4.39 Å². The zero-order chi connectivity index (χ0) is 27.3. The van der Waals surface area contributed by atoms with E-state index in [4.69, 9.17) is 9.73 Å². The van der Waals surface area contributed by atoms with Gasteiger partial charge in [-0.2, -0.15) is 0 Å². The monoisotopic (exact) mass is 519 g/mol. The van der Waals surface area contributed by atoms with E-state index in [2.05, 4.69) is 54.3 Å². The fourth-order valence-electron chi connectivity index (χ4n) is 4.35. The van der Waals surface area contributed by atoms with Gasteiger partial charge in [-0.1, -0.05) is 31.7 Å². The van der Waals surface area contributed by atoms with Crippen molar-refractivity contribution in [3.8, 4) is 0 Å². The van der Waals surface area contributed by atoms with Crippen molar-refractivity contribution in [2.75, 3.05) is 20.2 Å². The summed E-state index contributed by atoms with van der Waals surface area (Å²) in [5, 5.41) is 7.05. The molecule has 3 rings (SSSR count). The van der Waals surface area contributed by atoms with Crippen LogP contribution < -0.4 is 10.6 Å². The number of allylic oxidation sites excluding steroid dienone is 10. The molecule has 0 aromatic carbocycles. The third-order valence-electron chi connectivity index (χ3n) is 6.44. The summed E-state index contributed by atoms with van der Waals surface area (Å²) in [5.74, 6) is 1.76. The minimum Gasteiger partial charge on any atom is -0.495 e. The smallest absolute Gasteiger partial charge is 0.142 e. The van der Waals surface area contributed by atoms with E-state index < -0.39 is 0 Å². The summed E-state index contributed by atoms with van der Waals surface area (Å²) in [7, 11) is 1.65. The molecule has 38 heavy (non-hydrogen) atoms. The Morgan fingerprint density at radius 3 is 2.87 bits per heavy atom. The SMILES string of the molecule is C=C/C(OC)=C(\C=C/C(C)/C=C1\CCCCN=C1NC(C)CCNC1=CC=C(F)CC=C1)n1cnc(C)c1. The van der Waals surface area contributed by atoms with Crippen molar-refractivity contribution in [2.45, 2.75) is 58.9 Å². The Hall–Kier alpha value is -3.61. The summed E-state index contributed by atoms with van der Waals surface area (Å²) >= 11 is 0. The molecule has 7 heteroatoms. The molecule has 2 heterocycles. The van der Waals surface area contributed by atoms with Gasteiger partial charge in [-0.25, -0.2) is 9.37 Å². The topological polar surface area (TPSA) is 63.5 Å². The average molecular weight is 520 g/mol. The van der Waals surface area contributed by atoms with Crippen LogP contribution in [0.25, 0.3) is 5.70 Å². The second kappa shape index (κ2) is 15.0. The van der Waals surface area contributed by atoms with Gasteiger partial charge in [-0.15, -0.1) is 0 Å². The number of halogens is 1. The van der Waals surface area contributed by atoms with Crippen molar-refractivity contribution >= 4 is 11.5 Å². The Balaban J connectivity index is 1.65. The quantitative estimate of drug-likeness (QED) is 0.257. The molecule has 0 radical (unpaired) electrons. The lowest BCUT2D eigenvalue weighted by Crippen LogP contribution is -2.36. The second-order valence-electron chi connectivity index (χ2n) is 9.78. The number of nitrogens with one attached hydrogen (secondary N) is 2. The summed E-state index contributed by atoms with van der Waals surface area (Å²) in [6, 6.07) is 0.243. The molecule has 1 aromatic heterocycles. The van der Waals surface area contributed by atoms with Gasteiger partial charge in [0.1, 0.15) is 17.4 Å². The third-order valence-corrected chi connectivity index (χ3v) is 6.44. The van der Waals surface area contributed by atoms with Gasteiger partial charge in [-0.3, -0.25) is 4.99 Å². The number of aliphatic imine (C=N–C) groups is 1. The number of methoxy groups -OCH3 is 1. The number of nitrogens with zero attached hydrogens (tertiary/aromatic N) is 3. The lowest BCUT2D eigenvalue weighted by atomic mass is 10.0. The fourth-order valence-corrected chi connectivity index (χ4v) is 4.35. The second-order valence-corrected chi connectivity index (χ2v) is 9.78. The van der Waals surface area contributed by atoms with Crippen molar-refractivity contribution in [3.63, 3.8) is 0 Å². The van der Waals surface area contributed by atoms with Gasteiger partial charge in [0.2, 0.25) is 0 Å². The maximum Gasteiger partial charge on any atom is 0.142 e. The van der Waals surface area contributed by atoms with Crippen molar-refractivity contribution in [3.05, 3.63) is 96.3 Å². The number of amidine groups is 1. The van der Waals surface area contributed by atoms with E-state index >= 15 is 0 Å². The lowest BCUT2D eigenvalue weighted by molar-refractivity contribution is 0.307. The van der Waals surface area contributed by atoms with E-state index in [0.29, 0.717) is 12.2 Å². The van der Waals surface area contributed by atoms with E-state index in [1.807, 2.05) is 29.8 Å². The van der Waals surface area contributed by atoms with Crippen LogP contribution in [-0.2, 0) is 4.74 Å². The Kier molecular flexibility index (Phi) is 11.4. The summed E-state index contributed by atoms with van der Waals surface area (Å²) in [4.78, 5) is 9.24. The first-order valence-corrected chi connectivity index (χ1v) is 13.5. The Morgan fingerprint density at radius 2 is 2.13 bits per heavy atom. The molecule has 0 fully saturated rings. The minimum absolute atomic E-state index is 0.119. The minimum atomic E-state index is -0.119. The van der Waals surface area contributed by atoms with Crippen LogP contribution >= 0.6 is 0 Å². The zero-order valence-corrected chi connectivity index (χ0v) is 23.2. The molecule has 6 nitrogen and oxygen atoms in total. The highest BCUT2D eigenvalue weighted by molar-refractivity contribution is 5.98. The fraction of sp³-hybridized carbons (Fsp3) is 0.419. The van der Waals surface area contributed by atoms with Crippen molar-refractivity contribution in [1.82, 2.24) is 20.2 Å². The predicted molar refractivity (Wildman–Crippen MR) is 156 cm³/mol. The molecule has 0 saturated carbocycles. The molecule has 0 amide bonds. The molecular formula is C31H42FN5O. The van der Waals surface area contributed by atoms with Gasteiger partial charge in [0, 0.05) is 37.4 Å². The zero-order valence-electron chi connectivity index (χ0n) is 23.2. The summed E-state index contributed by atoms with van der Waals surface area (Å²) < 4.78 is 20.9. The molecule has 0 spiro atoms. The largest absolute Gasteiger partial charge is 0.495 e. The van der Waals surface area contributed by atoms with E-state index in [1.165, 1.54) is 11.6 Å². The van der Waals surface area contributed by atoms with Crippen molar-refractivity contribution in [2.24, 2.45) is 10.9 Å². The van der Waals surface area contributed by atoms with Crippen LogP contribution in [0.2, 0.25) is 0 Å². The third kappa shape index (κ3) is 9.05. The average Bonchev–Trinajstić information content (AvgIpc) is 3.06. The molecule has 0 bridgehead atoms. The van der Waals surface area contributed by atoms with Crippen LogP contribution in [0.4, 0.5) is 4.39 Å². The van der Waals surface area contributed by atoms with Gasteiger partial charge in [-0.05, 0) is 81.4 Å². The number of hydrogen-bond donors (Lipinski definition) is 2. The molecule has 2 aliphatic rings. The number of hydrogen-bond acceptors (Lipinski definition) is 5. The highest BCUT2D eigenvalue weighted by Crippen LogP contribution is 2.20. The normalized spacial score (nSPS) is 19.5. The van der Waals surface area contributed by atoms with Gasteiger partial charge < -0.3 is 19.9 Å². The van der Waals surface area contributed by atoms with E-state index in [-0.39, 0.29) is 17.8 Å². The molecule has 0 saturated heterocycles. The highest BCUT2D eigenvalue weighted by Gasteiger charge is 2.14. The van der Waals surface area contributed by atoms with Gasteiger partial charge in [0.25, 0.3) is 0 Å². The summed E-state index contributed by atoms with van der Waals surface area (Å²) in [6.45, 7) is 11.9. The Morgan fingerprint density at radius 1 is 1.29 bits per heavy atom. The molecule has 2 atom stereocenters. The van der Waals surface area contributed by atoms with E-state index in [1.54, 1.807) is 25.6 Å². The first-order valence-electron chi connectivity index (χ1n) is 13.5. The number of imidazole rings is 1. The van der Waals surface area contributed by atoms with Gasteiger partial charge >= 0.3 is 0 Å². The summed E-state index contributed by atoms with van der Waals surface area (Å²) in [6.07, 6.45) is 23.6. The van der Waals surface area contributed by atoms with Crippen molar-refractivity contribution in [1.29, 1.82) is 0 Å². The maximum absolute atomic E-state index is 13.4. The van der Waals surface area contributed by atoms with Crippen LogP contribution in [0, 0.1) is 12.8 Å². The van der Waals surface area contributed by atoms with Crippen LogP contribution in [0.5, 0.6) is 0 Å². The lowest BCUT2D eigenvalue weighted by Gasteiger charge is -2.19. The first-order chi connectivity index (χ1) is 18.4. The number of aromatic nitrogens is 2.